The average Bonchev–Trinajstić information content (AvgIpc) is 3.41. The molecule has 0 aliphatic heterocycles. The third-order valence-electron chi connectivity index (χ3n) is 5.31. The Morgan fingerprint density at radius 1 is 1.12 bits per heavy atom. The second-order valence-corrected chi connectivity index (χ2v) is 7.44. The van der Waals surface area contributed by atoms with Gasteiger partial charge >= 0.3 is 0 Å². The van der Waals surface area contributed by atoms with E-state index in [1.54, 1.807) is 31.4 Å². The molecule has 8 nitrogen and oxygen atoms in total. The monoisotopic (exact) mass is 427 g/mol. The van der Waals surface area contributed by atoms with E-state index in [4.69, 9.17) is 9.15 Å². The molecule has 0 radical (unpaired) electrons. The first-order chi connectivity index (χ1) is 15.6. The van der Waals surface area contributed by atoms with Crippen LogP contribution in [0.4, 0.5) is 0 Å². The SMILES string of the molecule is COc1ccc(-c2oc3c(ccc4cccnc43)c2CC(=O)NCc2ncn(C)n2)cc1. The van der Waals surface area contributed by atoms with Crippen molar-refractivity contribution in [2.24, 2.45) is 7.05 Å². The van der Waals surface area contributed by atoms with Crippen LogP contribution < -0.4 is 10.1 Å². The van der Waals surface area contributed by atoms with Crippen molar-refractivity contribution < 1.29 is 13.9 Å². The molecule has 2 aromatic carbocycles. The number of nitrogens with one attached hydrogen (secondary N) is 1. The molecular weight excluding hydrogens is 406 g/mol. The lowest BCUT2D eigenvalue weighted by Gasteiger charge is -2.06. The number of furan rings is 1. The maximum atomic E-state index is 12.8. The van der Waals surface area contributed by atoms with E-state index in [2.05, 4.69) is 20.4 Å². The molecule has 160 valence electrons. The number of hydrogen-bond acceptors (Lipinski definition) is 6. The summed E-state index contributed by atoms with van der Waals surface area (Å²) in [5.41, 5.74) is 3.11. The Bertz CT molecular complexity index is 1420. The predicted molar refractivity (Wildman–Crippen MR) is 120 cm³/mol. The molecule has 0 saturated heterocycles. The smallest absolute Gasteiger partial charge is 0.224 e. The van der Waals surface area contributed by atoms with Gasteiger partial charge in [0.1, 0.15) is 23.4 Å². The quantitative estimate of drug-likeness (QED) is 0.445. The van der Waals surface area contributed by atoms with Gasteiger partial charge in [-0.1, -0.05) is 18.2 Å². The molecule has 5 rings (SSSR count). The molecule has 5 aromatic rings. The normalized spacial score (nSPS) is 11.2. The van der Waals surface area contributed by atoms with Gasteiger partial charge in [-0.05, 0) is 30.3 Å². The van der Waals surface area contributed by atoms with Crippen LogP contribution in [0.5, 0.6) is 5.75 Å². The summed E-state index contributed by atoms with van der Waals surface area (Å²) in [6, 6.07) is 15.4. The zero-order chi connectivity index (χ0) is 22.1. The van der Waals surface area contributed by atoms with Crippen molar-refractivity contribution in [3.8, 4) is 17.1 Å². The Morgan fingerprint density at radius 3 is 2.72 bits per heavy atom. The molecule has 0 saturated carbocycles. The van der Waals surface area contributed by atoms with Crippen LogP contribution in [0.25, 0.3) is 33.2 Å². The number of aryl methyl sites for hydroxylation is 1. The second kappa shape index (κ2) is 8.14. The van der Waals surface area contributed by atoms with Gasteiger partial charge in [-0.3, -0.25) is 14.5 Å². The number of carbonyl (C=O) groups excluding carboxylic acids is 1. The molecule has 0 unspecified atom stereocenters. The van der Waals surface area contributed by atoms with Gasteiger partial charge in [-0.2, -0.15) is 5.10 Å². The number of ether oxygens (including phenoxy) is 1. The number of rotatable bonds is 6. The Morgan fingerprint density at radius 2 is 1.97 bits per heavy atom. The van der Waals surface area contributed by atoms with Crippen LogP contribution in [0, 0.1) is 0 Å². The number of carbonyl (C=O) groups is 1. The number of aromatic nitrogens is 4. The maximum absolute atomic E-state index is 12.8. The van der Waals surface area contributed by atoms with E-state index in [-0.39, 0.29) is 18.9 Å². The standard InChI is InChI=1S/C24H21N5O3/c1-29-14-27-20(28-29)13-26-21(30)12-19-18-10-7-15-4-3-11-25-22(15)24(18)32-23(19)16-5-8-17(31-2)9-6-16/h3-11,14H,12-13H2,1-2H3,(H,26,30). The van der Waals surface area contributed by atoms with E-state index in [9.17, 15) is 4.79 Å². The van der Waals surface area contributed by atoms with Crippen LogP contribution >= 0.6 is 0 Å². The fourth-order valence-corrected chi connectivity index (χ4v) is 3.76. The first-order valence-corrected chi connectivity index (χ1v) is 10.2. The van der Waals surface area contributed by atoms with Gasteiger partial charge < -0.3 is 14.5 Å². The van der Waals surface area contributed by atoms with Gasteiger partial charge in [0.25, 0.3) is 0 Å². The molecule has 1 amide bonds. The van der Waals surface area contributed by atoms with Crippen molar-refractivity contribution in [2.45, 2.75) is 13.0 Å². The number of amides is 1. The molecule has 0 aliphatic carbocycles. The molecule has 0 aliphatic rings. The van der Waals surface area contributed by atoms with Crippen LogP contribution in [0.1, 0.15) is 11.4 Å². The third-order valence-corrected chi connectivity index (χ3v) is 5.31. The lowest BCUT2D eigenvalue weighted by atomic mass is 10.0. The first kappa shape index (κ1) is 19.7. The van der Waals surface area contributed by atoms with E-state index in [1.165, 1.54) is 0 Å². The summed E-state index contributed by atoms with van der Waals surface area (Å²) in [6.07, 6.45) is 3.49. The molecule has 0 fully saturated rings. The van der Waals surface area contributed by atoms with Crippen molar-refractivity contribution in [2.75, 3.05) is 7.11 Å². The second-order valence-electron chi connectivity index (χ2n) is 7.44. The topological polar surface area (TPSA) is 95.1 Å². The molecule has 3 aromatic heterocycles. The zero-order valence-corrected chi connectivity index (χ0v) is 17.7. The van der Waals surface area contributed by atoms with Gasteiger partial charge in [0.15, 0.2) is 11.4 Å². The van der Waals surface area contributed by atoms with E-state index in [0.717, 1.165) is 33.2 Å². The van der Waals surface area contributed by atoms with E-state index in [0.29, 0.717) is 17.2 Å². The highest BCUT2D eigenvalue weighted by molar-refractivity contribution is 6.06. The van der Waals surface area contributed by atoms with E-state index in [1.807, 2.05) is 48.5 Å². The number of nitrogens with zero attached hydrogens (tertiary/aromatic N) is 4. The summed E-state index contributed by atoms with van der Waals surface area (Å²) < 4.78 is 13.2. The maximum Gasteiger partial charge on any atom is 0.224 e. The summed E-state index contributed by atoms with van der Waals surface area (Å²) in [6.45, 7) is 0.262. The van der Waals surface area contributed by atoms with Crippen molar-refractivity contribution in [1.82, 2.24) is 25.1 Å². The van der Waals surface area contributed by atoms with Crippen molar-refractivity contribution in [1.29, 1.82) is 0 Å². The number of hydrogen-bond donors (Lipinski definition) is 1. The summed E-state index contributed by atoms with van der Waals surface area (Å²) in [4.78, 5) is 21.5. The molecule has 3 heterocycles. The highest BCUT2D eigenvalue weighted by Gasteiger charge is 2.21. The average molecular weight is 427 g/mol. The minimum Gasteiger partial charge on any atom is -0.497 e. The van der Waals surface area contributed by atoms with Gasteiger partial charge in [0, 0.05) is 35.1 Å². The minimum absolute atomic E-state index is 0.143. The van der Waals surface area contributed by atoms with Crippen molar-refractivity contribution >= 4 is 27.8 Å². The predicted octanol–water partition coefficient (Wildman–Crippen LogP) is 3.64. The van der Waals surface area contributed by atoms with Gasteiger partial charge in [-0.15, -0.1) is 0 Å². The number of benzene rings is 2. The number of methoxy groups -OCH3 is 1. The lowest BCUT2D eigenvalue weighted by Crippen LogP contribution is -2.25. The molecule has 32 heavy (non-hydrogen) atoms. The van der Waals surface area contributed by atoms with Gasteiger partial charge in [-0.25, -0.2) is 4.98 Å². The molecule has 0 spiro atoms. The molecular formula is C24H21N5O3. The van der Waals surface area contributed by atoms with Crippen molar-refractivity contribution in [3.05, 3.63) is 72.4 Å². The summed E-state index contributed by atoms with van der Waals surface area (Å²) in [7, 11) is 3.41. The van der Waals surface area contributed by atoms with Crippen LogP contribution in [0.3, 0.4) is 0 Å². The van der Waals surface area contributed by atoms with Gasteiger partial charge in [0.2, 0.25) is 5.91 Å². The van der Waals surface area contributed by atoms with E-state index < -0.39 is 0 Å². The Balaban J connectivity index is 1.55. The van der Waals surface area contributed by atoms with Gasteiger partial charge in [0.05, 0.1) is 20.1 Å². The Kier molecular flexibility index (Phi) is 5.03. The third kappa shape index (κ3) is 3.66. The molecule has 0 bridgehead atoms. The Labute approximate surface area is 183 Å². The number of pyridine rings is 1. The summed E-state index contributed by atoms with van der Waals surface area (Å²) >= 11 is 0. The van der Waals surface area contributed by atoms with E-state index >= 15 is 0 Å². The highest BCUT2D eigenvalue weighted by Crippen LogP contribution is 2.37. The highest BCUT2D eigenvalue weighted by atomic mass is 16.5. The van der Waals surface area contributed by atoms with Crippen LogP contribution in [0.2, 0.25) is 0 Å². The number of fused-ring (bicyclic) bond motifs is 3. The minimum atomic E-state index is -0.143. The first-order valence-electron chi connectivity index (χ1n) is 10.2. The van der Waals surface area contributed by atoms with Crippen LogP contribution in [-0.4, -0.2) is 32.8 Å². The summed E-state index contributed by atoms with van der Waals surface area (Å²) in [5, 5.41) is 8.94. The molecule has 1 N–H and O–H groups in total. The summed E-state index contributed by atoms with van der Waals surface area (Å²) in [5.74, 6) is 1.81. The fourth-order valence-electron chi connectivity index (χ4n) is 3.76. The van der Waals surface area contributed by atoms with Crippen LogP contribution in [-0.2, 0) is 24.8 Å². The van der Waals surface area contributed by atoms with Crippen molar-refractivity contribution in [3.63, 3.8) is 0 Å². The lowest BCUT2D eigenvalue weighted by molar-refractivity contribution is -0.120. The molecule has 8 heteroatoms. The largest absolute Gasteiger partial charge is 0.497 e. The zero-order valence-electron chi connectivity index (χ0n) is 17.7. The molecule has 0 atom stereocenters. The van der Waals surface area contributed by atoms with Crippen LogP contribution in [0.15, 0.2) is 65.5 Å². The fraction of sp³-hybridized carbons (Fsp3) is 0.167. The Hall–Kier alpha value is -4.20.